The minimum Gasteiger partial charge on any atom is -0.364 e. The van der Waals surface area contributed by atoms with Gasteiger partial charge in [0, 0.05) is 31.1 Å². The van der Waals surface area contributed by atoms with E-state index >= 15 is 0 Å². The van der Waals surface area contributed by atoms with Gasteiger partial charge in [-0.2, -0.15) is 0 Å². The Kier molecular flexibility index (Phi) is 3.88. The van der Waals surface area contributed by atoms with Gasteiger partial charge in [0.15, 0.2) is 0 Å². The van der Waals surface area contributed by atoms with E-state index in [0.29, 0.717) is 24.6 Å². The van der Waals surface area contributed by atoms with E-state index in [9.17, 15) is 4.79 Å². The maximum absolute atomic E-state index is 11.4. The Morgan fingerprint density at radius 2 is 1.89 bits per heavy atom. The molecule has 0 N–H and O–H groups in total. The van der Waals surface area contributed by atoms with Crippen LogP contribution in [0.3, 0.4) is 0 Å². The molecule has 0 spiro atoms. The number of piperazine rings is 1. The molecule has 1 fully saturated rings. The molecule has 6 nitrogen and oxygen atoms in total. The highest BCUT2D eigenvalue weighted by atomic mass is 16.7. The highest BCUT2D eigenvalue weighted by Gasteiger charge is 2.21. The van der Waals surface area contributed by atoms with Crippen molar-refractivity contribution in [3.63, 3.8) is 0 Å². The van der Waals surface area contributed by atoms with Crippen LogP contribution in [0.4, 0.5) is 5.95 Å². The van der Waals surface area contributed by atoms with Gasteiger partial charge in [-0.1, -0.05) is 6.58 Å². The predicted molar refractivity (Wildman–Crippen MR) is 66.7 cm³/mol. The first-order valence-corrected chi connectivity index (χ1v) is 5.81. The van der Waals surface area contributed by atoms with E-state index in [1.165, 1.54) is 0 Å². The fourth-order valence-electron chi connectivity index (χ4n) is 1.63. The molecule has 1 saturated heterocycles. The van der Waals surface area contributed by atoms with Crippen molar-refractivity contribution in [3.05, 3.63) is 30.6 Å². The van der Waals surface area contributed by atoms with E-state index in [1.807, 2.05) is 0 Å². The summed E-state index contributed by atoms with van der Waals surface area (Å²) >= 11 is 0. The number of carbonyl (C=O) groups excluding carboxylic acids is 1. The van der Waals surface area contributed by atoms with Crippen molar-refractivity contribution in [1.82, 2.24) is 15.0 Å². The molecule has 1 aromatic heterocycles. The van der Waals surface area contributed by atoms with Crippen molar-refractivity contribution < 1.29 is 9.63 Å². The minimum absolute atomic E-state index is 0.376. The summed E-state index contributed by atoms with van der Waals surface area (Å²) in [5.41, 5.74) is 0.406. The standard InChI is InChI=1S/C12H16N4O2/c1-10(2)11(17)18-16-8-6-15(7-9-16)12-13-4-3-5-14-12/h3-5H,1,6-9H2,2H3. The van der Waals surface area contributed by atoms with Gasteiger partial charge in [-0.25, -0.2) is 14.8 Å². The van der Waals surface area contributed by atoms with Crippen LogP contribution in [-0.2, 0) is 9.63 Å². The largest absolute Gasteiger partial charge is 0.364 e. The normalized spacial score (nSPS) is 16.4. The number of hydrogen-bond donors (Lipinski definition) is 0. The molecule has 0 amide bonds. The molecule has 0 radical (unpaired) electrons. The van der Waals surface area contributed by atoms with Crippen LogP contribution in [0.25, 0.3) is 0 Å². The minimum atomic E-state index is -0.376. The lowest BCUT2D eigenvalue weighted by Crippen LogP contribution is -2.47. The summed E-state index contributed by atoms with van der Waals surface area (Å²) in [6.45, 7) is 7.92. The fraction of sp³-hybridized carbons (Fsp3) is 0.417. The van der Waals surface area contributed by atoms with Gasteiger partial charge in [-0.3, -0.25) is 0 Å². The third-order valence-electron chi connectivity index (χ3n) is 2.63. The molecule has 96 valence electrons. The van der Waals surface area contributed by atoms with Gasteiger partial charge >= 0.3 is 5.97 Å². The lowest BCUT2D eigenvalue weighted by molar-refractivity contribution is -0.186. The van der Waals surface area contributed by atoms with Gasteiger partial charge in [-0.15, -0.1) is 5.06 Å². The Labute approximate surface area is 106 Å². The summed E-state index contributed by atoms with van der Waals surface area (Å²) in [4.78, 5) is 27.0. The maximum atomic E-state index is 11.4. The number of carbonyl (C=O) groups is 1. The molecule has 2 rings (SSSR count). The van der Waals surface area contributed by atoms with E-state index in [1.54, 1.807) is 30.4 Å². The second-order valence-corrected chi connectivity index (χ2v) is 4.12. The maximum Gasteiger partial charge on any atom is 0.352 e. The van der Waals surface area contributed by atoms with Crippen LogP contribution >= 0.6 is 0 Å². The van der Waals surface area contributed by atoms with Crippen LogP contribution in [0, 0.1) is 0 Å². The summed E-state index contributed by atoms with van der Waals surface area (Å²) in [5, 5.41) is 1.65. The van der Waals surface area contributed by atoms with E-state index in [4.69, 9.17) is 4.84 Å². The first-order valence-electron chi connectivity index (χ1n) is 5.81. The second kappa shape index (κ2) is 5.59. The van der Waals surface area contributed by atoms with Crippen molar-refractivity contribution in [2.24, 2.45) is 0 Å². The van der Waals surface area contributed by atoms with Gasteiger partial charge in [0.25, 0.3) is 0 Å². The van der Waals surface area contributed by atoms with Crippen molar-refractivity contribution in [2.75, 3.05) is 31.1 Å². The summed E-state index contributed by atoms with van der Waals surface area (Å²) in [6, 6.07) is 1.79. The number of nitrogens with zero attached hydrogens (tertiary/aromatic N) is 4. The SMILES string of the molecule is C=C(C)C(=O)ON1CCN(c2ncccn2)CC1. The predicted octanol–water partition coefficient (Wildman–Crippen LogP) is 0.633. The third-order valence-corrected chi connectivity index (χ3v) is 2.63. The van der Waals surface area contributed by atoms with Crippen LogP contribution < -0.4 is 4.90 Å². The Hall–Kier alpha value is -1.95. The smallest absolute Gasteiger partial charge is 0.352 e. The van der Waals surface area contributed by atoms with E-state index in [-0.39, 0.29) is 5.97 Å². The number of anilines is 1. The quantitative estimate of drug-likeness (QED) is 0.731. The molecule has 1 aromatic rings. The van der Waals surface area contributed by atoms with Gasteiger partial charge < -0.3 is 9.74 Å². The first kappa shape index (κ1) is 12.5. The van der Waals surface area contributed by atoms with Gasteiger partial charge in [0.1, 0.15) is 0 Å². The van der Waals surface area contributed by atoms with Gasteiger partial charge in [0.2, 0.25) is 5.95 Å². The average molecular weight is 248 g/mol. The number of hydroxylamine groups is 2. The van der Waals surface area contributed by atoms with Crippen LogP contribution in [0.5, 0.6) is 0 Å². The Balaban J connectivity index is 1.85. The number of hydrogen-bond acceptors (Lipinski definition) is 6. The molecule has 0 bridgehead atoms. The first-order chi connectivity index (χ1) is 8.66. The molecule has 0 aliphatic carbocycles. The zero-order valence-electron chi connectivity index (χ0n) is 10.4. The summed E-state index contributed by atoms with van der Waals surface area (Å²) in [5.74, 6) is 0.336. The fourth-order valence-corrected chi connectivity index (χ4v) is 1.63. The molecule has 18 heavy (non-hydrogen) atoms. The number of rotatable bonds is 3. The summed E-state index contributed by atoms with van der Waals surface area (Å²) in [6.07, 6.45) is 3.44. The molecule has 2 heterocycles. The van der Waals surface area contributed by atoms with E-state index < -0.39 is 0 Å². The van der Waals surface area contributed by atoms with Gasteiger partial charge in [0.05, 0.1) is 13.1 Å². The average Bonchev–Trinajstić information content (AvgIpc) is 2.40. The zero-order chi connectivity index (χ0) is 13.0. The van der Waals surface area contributed by atoms with Crippen LogP contribution in [0.2, 0.25) is 0 Å². The topological polar surface area (TPSA) is 58.6 Å². The summed E-state index contributed by atoms with van der Waals surface area (Å²) in [7, 11) is 0. The van der Waals surface area contributed by atoms with Crippen LogP contribution in [-0.4, -0.2) is 47.2 Å². The van der Waals surface area contributed by atoms with E-state index in [0.717, 1.165) is 13.1 Å². The molecule has 0 atom stereocenters. The molecule has 0 unspecified atom stereocenters. The molecular weight excluding hydrogens is 232 g/mol. The van der Waals surface area contributed by atoms with Crippen molar-refractivity contribution >= 4 is 11.9 Å². The third kappa shape index (κ3) is 3.04. The highest BCUT2D eigenvalue weighted by Crippen LogP contribution is 2.10. The van der Waals surface area contributed by atoms with E-state index in [2.05, 4.69) is 21.4 Å². The molecular formula is C12H16N4O2. The summed E-state index contributed by atoms with van der Waals surface area (Å²) < 4.78 is 0. The molecule has 0 saturated carbocycles. The molecule has 1 aliphatic rings. The molecule has 1 aliphatic heterocycles. The Morgan fingerprint density at radius 3 is 2.44 bits per heavy atom. The van der Waals surface area contributed by atoms with Crippen molar-refractivity contribution in [3.8, 4) is 0 Å². The van der Waals surface area contributed by atoms with Crippen LogP contribution in [0.1, 0.15) is 6.92 Å². The Morgan fingerprint density at radius 1 is 1.28 bits per heavy atom. The second-order valence-electron chi connectivity index (χ2n) is 4.12. The van der Waals surface area contributed by atoms with Crippen LogP contribution in [0.15, 0.2) is 30.6 Å². The monoisotopic (exact) mass is 248 g/mol. The molecule has 6 heteroatoms. The van der Waals surface area contributed by atoms with Gasteiger partial charge in [-0.05, 0) is 13.0 Å². The Bertz CT molecular complexity index is 427. The zero-order valence-corrected chi connectivity index (χ0v) is 10.4. The van der Waals surface area contributed by atoms with Crippen molar-refractivity contribution in [2.45, 2.75) is 6.92 Å². The lowest BCUT2D eigenvalue weighted by atomic mass is 10.3. The lowest BCUT2D eigenvalue weighted by Gasteiger charge is -2.33. The highest BCUT2D eigenvalue weighted by molar-refractivity contribution is 5.86. The molecule has 0 aromatic carbocycles. The number of aromatic nitrogens is 2. The van der Waals surface area contributed by atoms with Crippen molar-refractivity contribution in [1.29, 1.82) is 0 Å².